The Labute approximate surface area is 92.3 Å². The van der Waals surface area contributed by atoms with Crippen molar-refractivity contribution < 1.29 is 4.74 Å². The fourth-order valence-electron chi connectivity index (χ4n) is 1.27. The Bertz CT molecular complexity index is 463. The molecule has 2 aromatic heterocycles. The van der Waals surface area contributed by atoms with Gasteiger partial charge in [0.1, 0.15) is 6.33 Å². The van der Waals surface area contributed by atoms with Gasteiger partial charge in [-0.3, -0.25) is 0 Å². The molecule has 0 fully saturated rings. The molecule has 0 amide bonds. The molecule has 84 valence electrons. The SMILES string of the molecule is COc1ccc(-n2ncnc2[C@H](C)N)nn1. The van der Waals surface area contributed by atoms with Gasteiger partial charge >= 0.3 is 0 Å². The summed E-state index contributed by atoms with van der Waals surface area (Å²) in [6.45, 7) is 1.83. The van der Waals surface area contributed by atoms with Crippen LogP contribution < -0.4 is 10.5 Å². The molecule has 2 aromatic rings. The minimum atomic E-state index is -0.216. The third-order valence-corrected chi connectivity index (χ3v) is 2.03. The van der Waals surface area contributed by atoms with Crippen molar-refractivity contribution in [2.45, 2.75) is 13.0 Å². The van der Waals surface area contributed by atoms with Gasteiger partial charge in [-0.15, -0.1) is 10.2 Å². The van der Waals surface area contributed by atoms with Crippen molar-refractivity contribution in [1.82, 2.24) is 25.0 Å². The summed E-state index contributed by atoms with van der Waals surface area (Å²) < 4.78 is 6.47. The molecule has 0 aliphatic heterocycles. The van der Waals surface area contributed by atoms with Gasteiger partial charge in [0, 0.05) is 6.07 Å². The molecule has 0 saturated carbocycles. The van der Waals surface area contributed by atoms with Crippen molar-refractivity contribution in [1.29, 1.82) is 0 Å². The largest absolute Gasteiger partial charge is 0.480 e. The van der Waals surface area contributed by atoms with Gasteiger partial charge in [0.2, 0.25) is 5.88 Å². The van der Waals surface area contributed by atoms with E-state index in [4.69, 9.17) is 10.5 Å². The van der Waals surface area contributed by atoms with E-state index in [-0.39, 0.29) is 6.04 Å². The number of nitrogens with zero attached hydrogens (tertiary/aromatic N) is 5. The molecule has 0 aliphatic carbocycles. The van der Waals surface area contributed by atoms with Crippen LogP contribution in [0.1, 0.15) is 18.8 Å². The second-order valence-electron chi connectivity index (χ2n) is 3.25. The Kier molecular flexibility index (Phi) is 2.78. The van der Waals surface area contributed by atoms with Crippen LogP contribution in [0.2, 0.25) is 0 Å². The van der Waals surface area contributed by atoms with Gasteiger partial charge < -0.3 is 10.5 Å². The van der Waals surface area contributed by atoms with E-state index in [9.17, 15) is 0 Å². The van der Waals surface area contributed by atoms with Crippen molar-refractivity contribution in [2.75, 3.05) is 7.11 Å². The number of nitrogens with two attached hydrogens (primary N) is 1. The van der Waals surface area contributed by atoms with Crippen molar-refractivity contribution in [2.24, 2.45) is 5.73 Å². The second kappa shape index (κ2) is 4.23. The topological polar surface area (TPSA) is 91.7 Å². The minimum Gasteiger partial charge on any atom is -0.480 e. The van der Waals surface area contributed by atoms with Crippen LogP contribution in [0.5, 0.6) is 5.88 Å². The molecule has 7 heteroatoms. The summed E-state index contributed by atoms with van der Waals surface area (Å²) in [7, 11) is 1.53. The van der Waals surface area contributed by atoms with E-state index in [1.165, 1.54) is 13.4 Å². The van der Waals surface area contributed by atoms with Crippen LogP contribution in [0.4, 0.5) is 0 Å². The van der Waals surface area contributed by atoms with E-state index in [0.717, 1.165) is 0 Å². The molecule has 7 nitrogen and oxygen atoms in total. The van der Waals surface area contributed by atoms with Crippen molar-refractivity contribution >= 4 is 0 Å². The second-order valence-corrected chi connectivity index (χ2v) is 3.25. The maximum absolute atomic E-state index is 5.76. The van der Waals surface area contributed by atoms with E-state index >= 15 is 0 Å². The Morgan fingerprint density at radius 2 is 2.19 bits per heavy atom. The molecule has 0 aromatic carbocycles. The maximum Gasteiger partial charge on any atom is 0.233 e. The Balaban J connectivity index is 2.38. The zero-order chi connectivity index (χ0) is 11.5. The fraction of sp³-hybridized carbons (Fsp3) is 0.333. The molecule has 0 aliphatic rings. The van der Waals surface area contributed by atoms with Crippen LogP contribution in [0.3, 0.4) is 0 Å². The summed E-state index contributed by atoms with van der Waals surface area (Å²) in [5.41, 5.74) is 5.76. The first-order valence-corrected chi connectivity index (χ1v) is 4.76. The first-order valence-electron chi connectivity index (χ1n) is 4.76. The lowest BCUT2D eigenvalue weighted by Crippen LogP contribution is -2.14. The molecule has 0 spiro atoms. The fourth-order valence-corrected chi connectivity index (χ4v) is 1.27. The van der Waals surface area contributed by atoms with Crippen molar-refractivity contribution in [3.63, 3.8) is 0 Å². The molecular weight excluding hydrogens is 208 g/mol. The van der Waals surface area contributed by atoms with Gasteiger partial charge in [-0.25, -0.2) is 4.98 Å². The highest BCUT2D eigenvalue weighted by atomic mass is 16.5. The third kappa shape index (κ3) is 1.84. The first kappa shape index (κ1) is 10.5. The van der Waals surface area contributed by atoms with Crippen LogP contribution in [0, 0.1) is 0 Å². The number of aromatic nitrogens is 5. The van der Waals surface area contributed by atoms with E-state index in [2.05, 4.69) is 20.3 Å². The highest BCUT2D eigenvalue weighted by Crippen LogP contribution is 2.11. The Morgan fingerprint density at radius 1 is 1.38 bits per heavy atom. The molecule has 2 heterocycles. The average Bonchev–Trinajstić information content (AvgIpc) is 2.78. The lowest BCUT2D eigenvalue weighted by atomic mass is 10.3. The number of rotatable bonds is 3. The normalized spacial score (nSPS) is 12.4. The monoisotopic (exact) mass is 220 g/mol. The zero-order valence-electron chi connectivity index (χ0n) is 9.03. The smallest absolute Gasteiger partial charge is 0.233 e. The number of ether oxygens (including phenoxy) is 1. The zero-order valence-corrected chi connectivity index (χ0v) is 9.03. The molecule has 0 saturated heterocycles. The Hall–Kier alpha value is -2.02. The summed E-state index contributed by atoms with van der Waals surface area (Å²) in [5, 5.41) is 11.9. The van der Waals surface area contributed by atoms with Gasteiger partial charge in [-0.1, -0.05) is 0 Å². The molecule has 2 rings (SSSR count). The molecule has 0 radical (unpaired) electrons. The van der Waals surface area contributed by atoms with Crippen molar-refractivity contribution in [3.8, 4) is 11.7 Å². The number of hydrogen-bond donors (Lipinski definition) is 1. The first-order chi connectivity index (χ1) is 7.72. The summed E-state index contributed by atoms with van der Waals surface area (Å²) in [6.07, 6.45) is 1.44. The maximum atomic E-state index is 5.76. The summed E-state index contributed by atoms with van der Waals surface area (Å²) in [4.78, 5) is 4.06. The summed E-state index contributed by atoms with van der Waals surface area (Å²) >= 11 is 0. The summed E-state index contributed by atoms with van der Waals surface area (Å²) in [5.74, 6) is 1.65. The van der Waals surface area contributed by atoms with Crippen LogP contribution in [0.25, 0.3) is 5.82 Å². The van der Waals surface area contributed by atoms with Crippen molar-refractivity contribution in [3.05, 3.63) is 24.3 Å². The standard InChI is InChI=1S/C9H12N6O/c1-6(10)9-11-5-12-15(9)7-3-4-8(16-2)14-13-7/h3-6H,10H2,1-2H3/t6-/m0/s1. The lowest BCUT2D eigenvalue weighted by Gasteiger charge is -2.06. The average molecular weight is 220 g/mol. The van der Waals surface area contributed by atoms with Crippen LogP contribution >= 0.6 is 0 Å². The van der Waals surface area contributed by atoms with Gasteiger partial charge in [-0.05, 0) is 13.0 Å². The van der Waals surface area contributed by atoms with E-state index in [0.29, 0.717) is 17.5 Å². The molecule has 0 unspecified atom stereocenters. The van der Waals surface area contributed by atoms with E-state index < -0.39 is 0 Å². The molecular formula is C9H12N6O. The minimum absolute atomic E-state index is 0.216. The molecule has 2 N–H and O–H groups in total. The Morgan fingerprint density at radius 3 is 2.75 bits per heavy atom. The van der Waals surface area contributed by atoms with E-state index in [1.54, 1.807) is 16.8 Å². The highest BCUT2D eigenvalue weighted by molar-refractivity contribution is 5.24. The predicted molar refractivity (Wildman–Crippen MR) is 56.1 cm³/mol. The number of hydrogen-bond acceptors (Lipinski definition) is 6. The molecule has 0 bridgehead atoms. The van der Waals surface area contributed by atoms with Gasteiger partial charge in [0.05, 0.1) is 13.2 Å². The molecule has 1 atom stereocenters. The van der Waals surface area contributed by atoms with Crippen LogP contribution in [-0.4, -0.2) is 32.1 Å². The quantitative estimate of drug-likeness (QED) is 0.787. The molecule has 16 heavy (non-hydrogen) atoms. The van der Waals surface area contributed by atoms with Gasteiger partial charge in [-0.2, -0.15) is 9.78 Å². The van der Waals surface area contributed by atoms with Crippen LogP contribution in [0.15, 0.2) is 18.5 Å². The van der Waals surface area contributed by atoms with Crippen LogP contribution in [-0.2, 0) is 0 Å². The van der Waals surface area contributed by atoms with E-state index in [1.807, 2.05) is 6.92 Å². The van der Waals surface area contributed by atoms with Gasteiger partial charge in [0.25, 0.3) is 0 Å². The third-order valence-electron chi connectivity index (χ3n) is 2.03. The number of methoxy groups -OCH3 is 1. The lowest BCUT2D eigenvalue weighted by molar-refractivity contribution is 0.391. The predicted octanol–water partition coefficient (Wildman–Crippen LogP) is 0.0856. The van der Waals surface area contributed by atoms with Gasteiger partial charge in [0.15, 0.2) is 11.6 Å². The highest BCUT2D eigenvalue weighted by Gasteiger charge is 2.11. The summed E-state index contributed by atoms with van der Waals surface area (Å²) in [6, 6.07) is 3.23.